The first-order chi connectivity index (χ1) is 15.4. The Morgan fingerprint density at radius 3 is 2.47 bits per heavy atom. The maximum Gasteiger partial charge on any atom is 0.257 e. The van der Waals surface area contributed by atoms with Crippen LogP contribution in [-0.2, 0) is 11.2 Å². The van der Waals surface area contributed by atoms with E-state index in [0.29, 0.717) is 46.3 Å². The lowest BCUT2D eigenvalue weighted by Crippen LogP contribution is -2.25. The Hall–Kier alpha value is -3.11. The Labute approximate surface area is 198 Å². The molecule has 166 valence electrons. The molecule has 1 aromatic heterocycles. The van der Waals surface area contributed by atoms with E-state index < -0.39 is 0 Å². The van der Waals surface area contributed by atoms with Crippen LogP contribution in [0.25, 0.3) is 0 Å². The molecule has 3 rings (SSSR count). The third-order valence-electron chi connectivity index (χ3n) is 4.31. The van der Waals surface area contributed by atoms with E-state index in [4.69, 9.17) is 0 Å². The van der Waals surface area contributed by atoms with Gasteiger partial charge in [0.15, 0.2) is 0 Å². The second kappa shape index (κ2) is 11.5. The quantitative estimate of drug-likeness (QED) is 0.393. The first kappa shape index (κ1) is 23.6. The Balaban J connectivity index is 1.47. The van der Waals surface area contributed by atoms with Crippen LogP contribution < -0.4 is 16.0 Å². The summed E-state index contributed by atoms with van der Waals surface area (Å²) >= 11 is 4.60. The summed E-state index contributed by atoms with van der Waals surface area (Å²) < 4.78 is 0.838. The van der Waals surface area contributed by atoms with Crippen molar-refractivity contribution in [3.05, 3.63) is 69.1 Å². The normalized spacial score (nSPS) is 10.4. The molecule has 0 spiro atoms. The molecule has 0 radical (unpaired) electrons. The number of carbonyl (C=O) groups excluding carboxylic acids is 3. The van der Waals surface area contributed by atoms with Crippen molar-refractivity contribution in [2.45, 2.75) is 26.2 Å². The number of amides is 3. The van der Waals surface area contributed by atoms with Crippen LogP contribution in [0.3, 0.4) is 0 Å². The van der Waals surface area contributed by atoms with Gasteiger partial charge in [0.05, 0.1) is 0 Å². The highest BCUT2D eigenvalue weighted by atomic mass is 79.9. The van der Waals surface area contributed by atoms with Gasteiger partial charge in [0, 0.05) is 40.7 Å². The smallest absolute Gasteiger partial charge is 0.257 e. The van der Waals surface area contributed by atoms with Gasteiger partial charge in [0.25, 0.3) is 11.8 Å². The van der Waals surface area contributed by atoms with Crippen LogP contribution >= 0.6 is 27.3 Å². The van der Waals surface area contributed by atoms with Crippen LogP contribution in [0.5, 0.6) is 0 Å². The van der Waals surface area contributed by atoms with Gasteiger partial charge in [-0.15, -0.1) is 10.2 Å². The van der Waals surface area contributed by atoms with E-state index in [-0.39, 0.29) is 17.7 Å². The number of anilines is 2. The minimum absolute atomic E-state index is 0.0566. The minimum atomic E-state index is -0.318. The summed E-state index contributed by atoms with van der Waals surface area (Å²) in [6.07, 6.45) is 1.72. The molecule has 0 fully saturated rings. The van der Waals surface area contributed by atoms with Crippen LogP contribution in [0.15, 0.2) is 53.0 Å². The van der Waals surface area contributed by atoms with E-state index in [9.17, 15) is 14.4 Å². The third-order valence-corrected chi connectivity index (χ3v) is 5.70. The number of hydrogen-bond donors (Lipinski definition) is 3. The molecular weight excluding hydrogens is 494 g/mol. The zero-order chi connectivity index (χ0) is 22.9. The molecule has 0 saturated heterocycles. The second-order valence-electron chi connectivity index (χ2n) is 6.85. The molecule has 8 nitrogen and oxygen atoms in total. The summed E-state index contributed by atoms with van der Waals surface area (Å²) in [5.74, 6) is -0.542. The van der Waals surface area contributed by atoms with Crippen molar-refractivity contribution < 1.29 is 14.4 Å². The maximum atomic E-state index is 12.4. The Bertz CT molecular complexity index is 1100. The number of rotatable bonds is 9. The van der Waals surface area contributed by atoms with E-state index in [0.717, 1.165) is 10.9 Å². The fourth-order valence-corrected chi connectivity index (χ4v) is 3.88. The molecule has 1 heterocycles. The molecular formula is C22H22BrN5O3S. The van der Waals surface area contributed by atoms with Gasteiger partial charge in [-0.1, -0.05) is 40.3 Å². The summed E-state index contributed by atoms with van der Waals surface area (Å²) in [4.78, 5) is 36.2. The summed E-state index contributed by atoms with van der Waals surface area (Å²) in [5.41, 5.74) is 1.65. The largest absolute Gasteiger partial charge is 0.352 e. The molecule has 0 aliphatic rings. The zero-order valence-corrected chi connectivity index (χ0v) is 19.8. The zero-order valence-electron chi connectivity index (χ0n) is 17.4. The van der Waals surface area contributed by atoms with Gasteiger partial charge < -0.3 is 10.6 Å². The molecule has 2 aromatic carbocycles. The summed E-state index contributed by atoms with van der Waals surface area (Å²) in [6, 6.07) is 13.8. The Kier molecular flexibility index (Phi) is 8.46. The topological polar surface area (TPSA) is 113 Å². The minimum Gasteiger partial charge on any atom is -0.352 e. The summed E-state index contributed by atoms with van der Waals surface area (Å²) in [5, 5.41) is 17.5. The lowest BCUT2D eigenvalue weighted by atomic mass is 10.2. The Morgan fingerprint density at radius 2 is 1.75 bits per heavy atom. The van der Waals surface area contributed by atoms with E-state index in [1.165, 1.54) is 11.3 Å². The van der Waals surface area contributed by atoms with Crippen LogP contribution in [0, 0.1) is 0 Å². The second-order valence-corrected chi connectivity index (χ2v) is 8.82. The van der Waals surface area contributed by atoms with Gasteiger partial charge in [-0.3, -0.25) is 19.7 Å². The van der Waals surface area contributed by atoms with Gasteiger partial charge >= 0.3 is 0 Å². The maximum absolute atomic E-state index is 12.4. The number of aromatic nitrogens is 2. The number of carbonyl (C=O) groups is 3. The molecule has 3 aromatic rings. The molecule has 0 bridgehead atoms. The number of benzene rings is 2. The molecule has 32 heavy (non-hydrogen) atoms. The first-order valence-corrected chi connectivity index (χ1v) is 11.6. The third kappa shape index (κ3) is 6.96. The lowest BCUT2D eigenvalue weighted by molar-refractivity contribution is -0.116. The number of halogens is 1. The van der Waals surface area contributed by atoms with Crippen molar-refractivity contribution in [1.29, 1.82) is 0 Å². The van der Waals surface area contributed by atoms with Crippen molar-refractivity contribution in [1.82, 2.24) is 15.5 Å². The molecule has 3 N–H and O–H groups in total. The fourth-order valence-electron chi connectivity index (χ4n) is 2.74. The number of nitrogens with one attached hydrogen (secondary N) is 3. The van der Waals surface area contributed by atoms with Crippen LogP contribution in [0.4, 0.5) is 10.8 Å². The molecule has 0 atom stereocenters. The van der Waals surface area contributed by atoms with Gasteiger partial charge in [0.1, 0.15) is 5.01 Å². The molecule has 0 unspecified atom stereocenters. The predicted octanol–water partition coefficient (Wildman–Crippen LogP) is 4.26. The molecule has 0 aliphatic carbocycles. The number of nitrogens with zero attached hydrogens (tertiary/aromatic N) is 2. The predicted molar refractivity (Wildman–Crippen MR) is 128 cm³/mol. The van der Waals surface area contributed by atoms with Crippen molar-refractivity contribution in [2.75, 3.05) is 17.2 Å². The van der Waals surface area contributed by atoms with Crippen molar-refractivity contribution in [2.24, 2.45) is 0 Å². The van der Waals surface area contributed by atoms with Gasteiger partial charge in [0.2, 0.25) is 11.0 Å². The van der Waals surface area contributed by atoms with Crippen LogP contribution in [0.2, 0.25) is 0 Å². The van der Waals surface area contributed by atoms with Gasteiger partial charge in [-0.2, -0.15) is 0 Å². The molecule has 3 amide bonds. The Morgan fingerprint density at radius 1 is 0.969 bits per heavy atom. The van der Waals surface area contributed by atoms with Crippen LogP contribution in [0.1, 0.15) is 45.5 Å². The lowest BCUT2D eigenvalue weighted by Gasteiger charge is -2.06. The summed E-state index contributed by atoms with van der Waals surface area (Å²) in [7, 11) is 0. The molecule has 0 saturated carbocycles. The van der Waals surface area contributed by atoms with E-state index in [1.807, 2.05) is 13.0 Å². The monoisotopic (exact) mass is 515 g/mol. The SMILES string of the molecule is CCCC(=O)Nc1ccc(C(=O)Nc2nnc(CCNC(=O)c3cccc(Br)c3)s2)cc1. The van der Waals surface area contributed by atoms with Crippen LogP contribution in [-0.4, -0.2) is 34.5 Å². The summed E-state index contributed by atoms with van der Waals surface area (Å²) in [6.45, 7) is 2.34. The van der Waals surface area contributed by atoms with Gasteiger partial charge in [-0.05, 0) is 48.9 Å². The van der Waals surface area contributed by atoms with E-state index >= 15 is 0 Å². The van der Waals surface area contributed by atoms with Crippen molar-refractivity contribution in [3.63, 3.8) is 0 Å². The molecule has 10 heteroatoms. The average Bonchev–Trinajstić information content (AvgIpc) is 3.21. The first-order valence-electron chi connectivity index (χ1n) is 10.0. The van der Waals surface area contributed by atoms with Gasteiger partial charge in [-0.25, -0.2) is 0 Å². The van der Waals surface area contributed by atoms with E-state index in [1.54, 1.807) is 42.5 Å². The van der Waals surface area contributed by atoms with Crippen molar-refractivity contribution >= 4 is 55.8 Å². The van der Waals surface area contributed by atoms with E-state index in [2.05, 4.69) is 42.1 Å². The number of hydrogen-bond acceptors (Lipinski definition) is 6. The highest BCUT2D eigenvalue weighted by Gasteiger charge is 2.12. The average molecular weight is 516 g/mol. The highest BCUT2D eigenvalue weighted by Crippen LogP contribution is 2.18. The standard InChI is InChI=1S/C22H22BrN5O3S/c1-2-4-18(29)25-17-9-7-14(8-10-17)21(31)26-22-28-27-19(32-22)11-12-24-20(30)15-5-3-6-16(23)13-15/h3,5-10,13H,2,4,11-12H2,1H3,(H,24,30)(H,25,29)(H,26,28,31). The fraction of sp³-hybridized carbons (Fsp3) is 0.227. The van der Waals surface area contributed by atoms with Crippen molar-refractivity contribution in [3.8, 4) is 0 Å². The molecule has 0 aliphatic heterocycles. The highest BCUT2D eigenvalue weighted by molar-refractivity contribution is 9.10.